The van der Waals surface area contributed by atoms with E-state index < -0.39 is 0 Å². The van der Waals surface area contributed by atoms with Crippen LogP contribution in [-0.2, 0) is 0 Å². The van der Waals surface area contributed by atoms with Crippen molar-refractivity contribution in [3.05, 3.63) is 40.7 Å². The Kier molecular flexibility index (Phi) is 2.25. The summed E-state index contributed by atoms with van der Waals surface area (Å²) in [5, 5.41) is 1.03. The standard InChI is InChI=1S/C9H4Cl2NO/c10-6-2-1-3-7(11)8(6)9-12-4-5-13-9/h1-4H. The van der Waals surface area contributed by atoms with Crippen molar-refractivity contribution in [1.29, 1.82) is 0 Å². The number of aromatic nitrogens is 1. The molecule has 0 fully saturated rings. The topological polar surface area (TPSA) is 26.0 Å². The van der Waals surface area contributed by atoms with Crippen LogP contribution in [0.15, 0.2) is 28.8 Å². The van der Waals surface area contributed by atoms with Gasteiger partial charge in [-0.15, -0.1) is 0 Å². The number of hydrogen-bond acceptors (Lipinski definition) is 2. The fourth-order valence-electron chi connectivity index (χ4n) is 1.01. The largest absolute Gasteiger partial charge is 0.433 e. The van der Waals surface area contributed by atoms with Crippen LogP contribution in [0.25, 0.3) is 11.5 Å². The molecule has 0 N–H and O–H groups in total. The number of oxazole rings is 1. The molecule has 0 saturated carbocycles. The highest BCUT2D eigenvalue weighted by molar-refractivity contribution is 6.38. The first-order valence-corrected chi connectivity index (χ1v) is 4.31. The summed E-state index contributed by atoms with van der Waals surface area (Å²) in [5.41, 5.74) is 0.604. The molecule has 0 aliphatic rings. The van der Waals surface area contributed by atoms with Gasteiger partial charge in [-0.25, -0.2) is 4.98 Å². The Hall–Kier alpha value is -0.990. The third-order valence-corrected chi connectivity index (χ3v) is 2.20. The van der Waals surface area contributed by atoms with E-state index in [1.165, 1.54) is 6.20 Å². The highest BCUT2D eigenvalue weighted by Crippen LogP contribution is 2.32. The first-order chi connectivity index (χ1) is 6.29. The predicted octanol–water partition coefficient (Wildman–Crippen LogP) is 3.45. The fourth-order valence-corrected chi connectivity index (χ4v) is 1.57. The molecule has 1 radical (unpaired) electrons. The molecular formula is C9H4Cl2NO. The summed E-state index contributed by atoms with van der Waals surface area (Å²) in [6.07, 6.45) is 3.90. The van der Waals surface area contributed by atoms with Crippen LogP contribution in [0.2, 0.25) is 10.0 Å². The van der Waals surface area contributed by atoms with E-state index in [1.54, 1.807) is 18.2 Å². The molecule has 0 aliphatic heterocycles. The third-order valence-electron chi connectivity index (χ3n) is 1.57. The van der Waals surface area contributed by atoms with Crippen LogP contribution in [0.1, 0.15) is 0 Å². The molecule has 13 heavy (non-hydrogen) atoms. The first kappa shape index (κ1) is 8.60. The van der Waals surface area contributed by atoms with Crippen molar-refractivity contribution in [2.24, 2.45) is 0 Å². The normalized spacial score (nSPS) is 10.3. The van der Waals surface area contributed by atoms with E-state index in [9.17, 15) is 0 Å². The van der Waals surface area contributed by atoms with E-state index >= 15 is 0 Å². The van der Waals surface area contributed by atoms with Crippen molar-refractivity contribution >= 4 is 23.2 Å². The average Bonchev–Trinajstić information content (AvgIpc) is 2.57. The maximum Gasteiger partial charge on any atom is 0.229 e. The van der Waals surface area contributed by atoms with E-state index in [2.05, 4.69) is 11.2 Å². The number of hydrogen-bond donors (Lipinski definition) is 0. The average molecular weight is 213 g/mol. The summed E-state index contributed by atoms with van der Waals surface area (Å²) in [5.74, 6) is 0.385. The number of nitrogens with zero attached hydrogens (tertiary/aromatic N) is 1. The van der Waals surface area contributed by atoms with Crippen molar-refractivity contribution in [2.75, 3.05) is 0 Å². The molecule has 1 heterocycles. The summed E-state index contributed by atoms with van der Waals surface area (Å²) in [6, 6.07) is 5.22. The number of rotatable bonds is 1. The zero-order chi connectivity index (χ0) is 9.26. The highest BCUT2D eigenvalue weighted by Gasteiger charge is 2.11. The molecule has 1 aromatic carbocycles. The Morgan fingerprint density at radius 1 is 1.23 bits per heavy atom. The lowest BCUT2D eigenvalue weighted by Crippen LogP contribution is -1.80. The molecule has 0 atom stereocenters. The minimum Gasteiger partial charge on any atom is -0.433 e. The van der Waals surface area contributed by atoms with Gasteiger partial charge in [0, 0.05) is 0 Å². The van der Waals surface area contributed by atoms with E-state index in [-0.39, 0.29) is 0 Å². The predicted molar refractivity (Wildman–Crippen MR) is 50.8 cm³/mol. The SMILES string of the molecule is Clc1cccc(Cl)c1-c1nc[c]o1. The van der Waals surface area contributed by atoms with E-state index in [1.807, 2.05) is 0 Å². The summed E-state index contributed by atoms with van der Waals surface area (Å²) in [4.78, 5) is 3.92. The Morgan fingerprint density at radius 3 is 2.46 bits per heavy atom. The van der Waals surface area contributed by atoms with Gasteiger partial charge in [-0.05, 0) is 12.1 Å². The maximum absolute atomic E-state index is 5.92. The van der Waals surface area contributed by atoms with E-state index in [4.69, 9.17) is 27.6 Å². The van der Waals surface area contributed by atoms with Crippen molar-refractivity contribution in [3.8, 4) is 11.5 Å². The number of benzene rings is 1. The van der Waals surface area contributed by atoms with Gasteiger partial charge in [-0.1, -0.05) is 29.3 Å². The van der Waals surface area contributed by atoms with E-state index in [0.717, 1.165) is 0 Å². The minimum atomic E-state index is 0.385. The maximum atomic E-state index is 5.92. The molecule has 65 valence electrons. The van der Waals surface area contributed by atoms with Gasteiger partial charge in [-0.3, -0.25) is 0 Å². The molecule has 2 nitrogen and oxygen atoms in total. The molecule has 4 heteroatoms. The first-order valence-electron chi connectivity index (χ1n) is 3.55. The van der Waals surface area contributed by atoms with Crippen LogP contribution >= 0.6 is 23.2 Å². The Balaban J connectivity index is 2.64. The van der Waals surface area contributed by atoms with Gasteiger partial charge in [0.25, 0.3) is 0 Å². The van der Waals surface area contributed by atoms with Crippen molar-refractivity contribution < 1.29 is 4.42 Å². The lowest BCUT2D eigenvalue weighted by atomic mass is 10.2. The summed E-state index contributed by atoms with van der Waals surface area (Å²) in [6.45, 7) is 0. The molecule has 0 spiro atoms. The second kappa shape index (κ2) is 3.40. The van der Waals surface area contributed by atoms with Crippen LogP contribution in [0.4, 0.5) is 0 Å². The molecule has 0 bridgehead atoms. The second-order valence-electron chi connectivity index (χ2n) is 2.38. The molecular weight excluding hydrogens is 209 g/mol. The van der Waals surface area contributed by atoms with Crippen molar-refractivity contribution in [1.82, 2.24) is 4.98 Å². The van der Waals surface area contributed by atoms with Crippen LogP contribution < -0.4 is 0 Å². The lowest BCUT2D eigenvalue weighted by molar-refractivity contribution is 0.566. The van der Waals surface area contributed by atoms with Gasteiger partial charge in [-0.2, -0.15) is 0 Å². The fraction of sp³-hybridized carbons (Fsp3) is 0. The van der Waals surface area contributed by atoms with Crippen molar-refractivity contribution in [3.63, 3.8) is 0 Å². The molecule has 2 rings (SSSR count). The summed E-state index contributed by atoms with van der Waals surface area (Å²) in [7, 11) is 0. The van der Waals surface area contributed by atoms with Gasteiger partial charge in [0.2, 0.25) is 5.89 Å². The molecule has 0 amide bonds. The van der Waals surface area contributed by atoms with Crippen molar-refractivity contribution in [2.45, 2.75) is 0 Å². The quantitative estimate of drug-likeness (QED) is 0.724. The Morgan fingerprint density at radius 2 is 1.92 bits per heavy atom. The van der Waals surface area contributed by atoms with Crippen LogP contribution in [-0.4, -0.2) is 4.98 Å². The van der Waals surface area contributed by atoms with Crippen LogP contribution in [0.3, 0.4) is 0 Å². The summed E-state index contributed by atoms with van der Waals surface area (Å²) < 4.78 is 4.98. The molecule has 0 unspecified atom stereocenters. The second-order valence-corrected chi connectivity index (χ2v) is 3.19. The van der Waals surface area contributed by atoms with Gasteiger partial charge < -0.3 is 4.42 Å². The van der Waals surface area contributed by atoms with Crippen LogP contribution in [0, 0.1) is 6.26 Å². The molecule has 0 saturated heterocycles. The Bertz CT molecular complexity index is 391. The smallest absolute Gasteiger partial charge is 0.229 e. The van der Waals surface area contributed by atoms with Gasteiger partial charge in [0.15, 0.2) is 6.26 Å². The Labute approximate surface area is 85.1 Å². The van der Waals surface area contributed by atoms with Crippen LogP contribution in [0.5, 0.6) is 0 Å². The van der Waals surface area contributed by atoms with E-state index in [0.29, 0.717) is 21.5 Å². The minimum absolute atomic E-state index is 0.385. The monoisotopic (exact) mass is 212 g/mol. The molecule has 1 aromatic heterocycles. The third kappa shape index (κ3) is 1.55. The summed E-state index contributed by atoms with van der Waals surface area (Å²) >= 11 is 11.8. The van der Waals surface area contributed by atoms with Gasteiger partial charge in [0.05, 0.1) is 21.8 Å². The molecule has 0 aliphatic carbocycles. The van der Waals surface area contributed by atoms with Gasteiger partial charge in [0.1, 0.15) is 0 Å². The zero-order valence-corrected chi connectivity index (χ0v) is 7.93. The van der Waals surface area contributed by atoms with Gasteiger partial charge >= 0.3 is 0 Å². The zero-order valence-electron chi connectivity index (χ0n) is 6.42. The highest BCUT2D eigenvalue weighted by atomic mass is 35.5. The number of halogens is 2. The molecule has 2 aromatic rings. The lowest BCUT2D eigenvalue weighted by Gasteiger charge is -2.00.